The van der Waals surface area contributed by atoms with Crippen LogP contribution in [0, 0.1) is 0 Å². The van der Waals surface area contributed by atoms with Gasteiger partial charge in [-0.25, -0.2) is 18.1 Å². The predicted octanol–water partition coefficient (Wildman–Crippen LogP) is 1.92. The number of nitrogens with one attached hydrogen (secondary N) is 1. The molecule has 118 valence electrons. The molecule has 0 aliphatic carbocycles. The summed E-state index contributed by atoms with van der Waals surface area (Å²) >= 11 is 0. The van der Waals surface area contributed by atoms with Gasteiger partial charge in [0.2, 0.25) is 16.8 Å². The van der Waals surface area contributed by atoms with Crippen molar-refractivity contribution in [3.8, 4) is 17.0 Å². The normalized spacial score (nSPS) is 11.0. The zero-order valence-corrected chi connectivity index (χ0v) is 13.3. The molecule has 0 amide bonds. The first kappa shape index (κ1) is 15.4. The third-order valence-corrected chi connectivity index (χ3v) is 3.90. The van der Waals surface area contributed by atoms with Gasteiger partial charge in [-0.1, -0.05) is 24.3 Å². The number of ether oxygens (including phenoxy) is 1. The third-order valence-electron chi connectivity index (χ3n) is 3.49. The molecule has 23 heavy (non-hydrogen) atoms. The Balaban J connectivity index is 1.96. The van der Waals surface area contributed by atoms with E-state index < -0.39 is 10.9 Å². The lowest BCUT2D eigenvalue weighted by molar-refractivity contribution is 0.398. The monoisotopic (exact) mass is 329 g/mol. The maximum atomic E-state index is 10.6. The first-order chi connectivity index (χ1) is 11.2. The van der Waals surface area contributed by atoms with Gasteiger partial charge in [0.05, 0.1) is 12.6 Å². The van der Waals surface area contributed by atoms with Crippen LogP contribution in [0.25, 0.3) is 22.0 Å². The molecule has 3 aromatic rings. The molecular weight excluding hydrogens is 314 g/mol. The van der Waals surface area contributed by atoms with Crippen LogP contribution in [0.3, 0.4) is 0 Å². The smallest absolute Gasteiger partial charge is 0.215 e. The first-order valence-electron chi connectivity index (χ1n) is 6.93. The highest BCUT2D eigenvalue weighted by Gasteiger charge is 2.07. The number of hydrogen-bond donors (Lipinski definition) is 2. The Morgan fingerprint density at radius 1 is 1.13 bits per heavy atom. The molecule has 1 aromatic carbocycles. The first-order valence-corrected chi connectivity index (χ1v) is 8.11. The van der Waals surface area contributed by atoms with Gasteiger partial charge in [-0.3, -0.25) is 4.98 Å². The minimum absolute atomic E-state index is 0.287. The lowest BCUT2D eigenvalue weighted by atomic mass is 10.0. The Morgan fingerprint density at radius 3 is 2.61 bits per heavy atom. The summed E-state index contributed by atoms with van der Waals surface area (Å²) in [4.78, 5) is 8.58. The molecule has 3 rings (SSSR count). The Labute approximate surface area is 135 Å². The number of aromatic nitrogens is 2. The van der Waals surface area contributed by atoms with Gasteiger partial charge in [-0.2, -0.15) is 0 Å². The molecule has 2 aromatic heterocycles. The fourth-order valence-electron chi connectivity index (χ4n) is 2.34. The highest BCUT2D eigenvalue weighted by atomic mass is 32.2. The maximum Gasteiger partial charge on any atom is 0.215 e. The van der Waals surface area contributed by atoms with E-state index in [9.17, 15) is 8.42 Å². The number of hydrogen-bond acceptors (Lipinski definition) is 5. The molecule has 0 fully saturated rings. The average Bonchev–Trinajstić information content (AvgIpc) is 2.59. The van der Waals surface area contributed by atoms with Crippen LogP contribution >= 0.6 is 0 Å². The van der Waals surface area contributed by atoms with Crippen LogP contribution in [-0.4, -0.2) is 25.5 Å². The number of rotatable bonds is 5. The summed E-state index contributed by atoms with van der Waals surface area (Å²) in [6.45, 7) is 0.287. The number of methoxy groups -OCH3 is 1. The van der Waals surface area contributed by atoms with E-state index in [1.54, 1.807) is 25.6 Å². The van der Waals surface area contributed by atoms with Crippen LogP contribution in [0.5, 0.6) is 5.88 Å². The zero-order valence-electron chi connectivity index (χ0n) is 12.4. The molecule has 0 saturated carbocycles. The summed E-state index contributed by atoms with van der Waals surface area (Å²) in [6, 6.07) is 11.4. The minimum atomic E-state index is -2.58. The van der Waals surface area contributed by atoms with Crippen molar-refractivity contribution in [3.63, 3.8) is 0 Å². The van der Waals surface area contributed by atoms with Crippen molar-refractivity contribution in [1.29, 1.82) is 0 Å². The minimum Gasteiger partial charge on any atom is -0.481 e. The summed E-state index contributed by atoms with van der Waals surface area (Å²) in [5.74, 6) is 0.523. The van der Waals surface area contributed by atoms with Crippen molar-refractivity contribution in [1.82, 2.24) is 14.7 Å². The molecule has 2 heterocycles. The Hall–Kier alpha value is -2.51. The van der Waals surface area contributed by atoms with Gasteiger partial charge in [0, 0.05) is 30.4 Å². The quantitative estimate of drug-likeness (QED) is 0.699. The predicted molar refractivity (Wildman–Crippen MR) is 88.7 cm³/mol. The van der Waals surface area contributed by atoms with Gasteiger partial charge in [0.25, 0.3) is 0 Å². The van der Waals surface area contributed by atoms with Crippen LogP contribution in [-0.2, 0) is 17.4 Å². The summed E-state index contributed by atoms with van der Waals surface area (Å²) in [7, 11) is -1.01. The van der Waals surface area contributed by atoms with E-state index in [0.717, 1.165) is 27.6 Å². The van der Waals surface area contributed by atoms with Crippen molar-refractivity contribution in [3.05, 3.63) is 54.4 Å². The fraction of sp³-hybridized carbons (Fsp3) is 0.125. The molecular formula is C16H15N3O3S. The lowest BCUT2D eigenvalue weighted by Crippen LogP contribution is -2.09. The standard InChI is InChI=1S/C16H15N3O3S/c1-22-16-8-15-14(10-18-16)13(6-7-17-15)12-4-2-11(3-5-12)9-19-23(20)21/h2-8,10,23H,9H2,1H3,(H,19,20,21). The second kappa shape index (κ2) is 6.72. The lowest BCUT2D eigenvalue weighted by Gasteiger charge is -2.08. The fourth-order valence-corrected chi connectivity index (χ4v) is 2.66. The number of benzene rings is 1. The second-order valence-corrected chi connectivity index (χ2v) is 5.72. The van der Waals surface area contributed by atoms with E-state index in [1.807, 2.05) is 30.3 Å². The van der Waals surface area contributed by atoms with Gasteiger partial charge >= 0.3 is 0 Å². The molecule has 0 aliphatic heterocycles. The molecule has 0 atom stereocenters. The molecule has 0 unspecified atom stereocenters. The number of fused-ring (bicyclic) bond motifs is 1. The second-order valence-electron chi connectivity index (χ2n) is 4.89. The van der Waals surface area contributed by atoms with Crippen molar-refractivity contribution in [2.45, 2.75) is 6.54 Å². The van der Waals surface area contributed by atoms with Crippen molar-refractivity contribution < 1.29 is 13.2 Å². The van der Waals surface area contributed by atoms with Crippen LogP contribution in [0.15, 0.2) is 48.8 Å². The van der Waals surface area contributed by atoms with Crippen LogP contribution < -0.4 is 9.46 Å². The van der Waals surface area contributed by atoms with Gasteiger partial charge in [-0.15, -0.1) is 0 Å². The average molecular weight is 329 g/mol. The molecule has 0 bridgehead atoms. The summed E-state index contributed by atoms with van der Waals surface area (Å²) in [6.07, 6.45) is 3.49. The van der Waals surface area contributed by atoms with Gasteiger partial charge in [-0.05, 0) is 22.8 Å². The number of thiol groups is 1. The van der Waals surface area contributed by atoms with Crippen molar-refractivity contribution in [2.24, 2.45) is 0 Å². The largest absolute Gasteiger partial charge is 0.481 e. The SMILES string of the molecule is COc1cc2nccc(-c3ccc(CN[SH](=O)=O)cc3)c2cn1. The summed E-state index contributed by atoms with van der Waals surface area (Å²) in [5, 5.41) is 0.932. The molecule has 7 heteroatoms. The molecule has 0 aliphatic rings. The van der Waals surface area contributed by atoms with E-state index in [1.165, 1.54) is 0 Å². The van der Waals surface area contributed by atoms with Gasteiger partial charge in [0.1, 0.15) is 0 Å². The van der Waals surface area contributed by atoms with E-state index in [4.69, 9.17) is 4.74 Å². The molecule has 1 N–H and O–H groups in total. The van der Waals surface area contributed by atoms with E-state index in [0.29, 0.717) is 5.88 Å². The van der Waals surface area contributed by atoms with Gasteiger partial charge in [0.15, 0.2) is 0 Å². The molecule has 6 nitrogen and oxygen atoms in total. The zero-order chi connectivity index (χ0) is 16.2. The summed E-state index contributed by atoms with van der Waals surface area (Å²) < 4.78 is 28.6. The Bertz CT molecular complexity index is 900. The van der Waals surface area contributed by atoms with Crippen LogP contribution in [0.2, 0.25) is 0 Å². The van der Waals surface area contributed by atoms with Crippen LogP contribution in [0.1, 0.15) is 5.56 Å². The summed E-state index contributed by atoms with van der Waals surface area (Å²) in [5.41, 5.74) is 3.73. The van der Waals surface area contributed by atoms with Crippen molar-refractivity contribution >= 4 is 21.8 Å². The van der Waals surface area contributed by atoms with E-state index in [-0.39, 0.29) is 6.54 Å². The highest BCUT2D eigenvalue weighted by Crippen LogP contribution is 2.28. The van der Waals surface area contributed by atoms with Gasteiger partial charge < -0.3 is 4.74 Å². The third kappa shape index (κ3) is 3.46. The van der Waals surface area contributed by atoms with Crippen LogP contribution in [0.4, 0.5) is 0 Å². The molecule has 0 saturated heterocycles. The highest BCUT2D eigenvalue weighted by molar-refractivity contribution is 7.70. The number of pyridine rings is 2. The number of nitrogens with zero attached hydrogens (tertiary/aromatic N) is 2. The topological polar surface area (TPSA) is 81.2 Å². The maximum absolute atomic E-state index is 10.6. The Kier molecular flexibility index (Phi) is 4.50. The van der Waals surface area contributed by atoms with E-state index in [2.05, 4.69) is 14.7 Å². The van der Waals surface area contributed by atoms with Crippen molar-refractivity contribution in [2.75, 3.05) is 7.11 Å². The Morgan fingerprint density at radius 2 is 1.91 bits per heavy atom. The molecule has 0 spiro atoms. The van der Waals surface area contributed by atoms with E-state index >= 15 is 0 Å². The molecule has 0 radical (unpaired) electrons.